The first-order chi connectivity index (χ1) is 12.7. The third-order valence-electron chi connectivity index (χ3n) is 4.63. The molecule has 1 aromatic rings. The van der Waals surface area contributed by atoms with Gasteiger partial charge < -0.3 is 14.4 Å². The normalized spacial score (nSPS) is 16.7. The zero-order chi connectivity index (χ0) is 20.2. The first-order valence-corrected chi connectivity index (χ1v) is 9.44. The molecule has 0 bridgehead atoms. The molecular formula is C21H29NO5. The second-order valence-electron chi connectivity index (χ2n) is 7.62. The van der Waals surface area contributed by atoms with Crippen LogP contribution in [0.15, 0.2) is 24.3 Å². The van der Waals surface area contributed by atoms with E-state index >= 15 is 0 Å². The molecule has 0 saturated heterocycles. The maximum Gasteiger partial charge on any atom is 0.322 e. The number of carbonyl (C=O) groups excluding carboxylic acids is 3. The van der Waals surface area contributed by atoms with Crippen LogP contribution in [-0.4, -0.2) is 42.5 Å². The molecule has 1 amide bonds. The number of amides is 1. The zero-order valence-corrected chi connectivity index (χ0v) is 16.8. The van der Waals surface area contributed by atoms with E-state index in [4.69, 9.17) is 9.47 Å². The summed E-state index contributed by atoms with van der Waals surface area (Å²) in [5.41, 5.74) is 1.19. The number of nitrogens with zero attached hydrogens (tertiary/aromatic N) is 1. The van der Waals surface area contributed by atoms with Gasteiger partial charge in [-0.3, -0.25) is 14.4 Å². The number of benzene rings is 1. The van der Waals surface area contributed by atoms with Crippen molar-refractivity contribution in [1.82, 2.24) is 4.90 Å². The average Bonchev–Trinajstić information content (AvgIpc) is 2.61. The molecule has 0 aromatic heterocycles. The van der Waals surface area contributed by atoms with Gasteiger partial charge in [0.1, 0.15) is 0 Å². The molecule has 6 nitrogen and oxygen atoms in total. The molecule has 0 N–H and O–H groups in total. The highest BCUT2D eigenvalue weighted by molar-refractivity contribution is 5.97. The second-order valence-corrected chi connectivity index (χ2v) is 7.62. The van der Waals surface area contributed by atoms with E-state index < -0.39 is 29.3 Å². The maximum absolute atomic E-state index is 13.1. The predicted molar refractivity (Wildman–Crippen MR) is 101 cm³/mol. The molecule has 1 heterocycles. The molecule has 0 aliphatic carbocycles. The van der Waals surface area contributed by atoms with Crippen LogP contribution in [0.3, 0.4) is 0 Å². The summed E-state index contributed by atoms with van der Waals surface area (Å²) >= 11 is 0. The Labute approximate surface area is 160 Å². The van der Waals surface area contributed by atoms with E-state index in [-0.39, 0.29) is 19.1 Å². The van der Waals surface area contributed by atoms with E-state index in [1.165, 1.54) is 0 Å². The summed E-state index contributed by atoms with van der Waals surface area (Å²) < 4.78 is 10.4. The Morgan fingerprint density at radius 2 is 1.63 bits per heavy atom. The molecule has 0 radical (unpaired) electrons. The summed E-state index contributed by atoms with van der Waals surface area (Å²) in [6, 6.07) is 6.87. The lowest BCUT2D eigenvalue weighted by molar-refractivity contribution is -0.167. The first kappa shape index (κ1) is 20.9. The average molecular weight is 375 g/mol. The summed E-state index contributed by atoms with van der Waals surface area (Å²) in [5.74, 6) is -2.65. The largest absolute Gasteiger partial charge is 0.465 e. The third kappa shape index (κ3) is 4.49. The number of hydrogen-bond acceptors (Lipinski definition) is 5. The van der Waals surface area contributed by atoms with Crippen molar-refractivity contribution in [3.63, 3.8) is 0 Å². The van der Waals surface area contributed by atoms with Gasteiger partial charge in [-0.1, -0.05) is 45.0 Å². The van der Waals surface area contributed by atoms with Crippen molar-refractivity contribution in [1.29, 1.82) is 0 Å². The number of hydrogen-bond donors (Lipinski definition) is 0. The molecule has 1 aliphatic rings. The van der Waals surface area contributed by atoms with Gasteiger partial charge in [0, 0.05) is 12.0 Å². The van der Waals surface area contributed by atoms with Gasteiger partial charge in [-0.15, -0.1) is 0 Å². The Bertz CT molecular complexity index is 689. The number of carbonyl (C=O) groups is 3. The van der Waals surface area contributed by atoms with Crippen LogP contribution in [0, 0.1) is 11.3 Å². The zero-order valence-electron chi connectivity index (χ0n) is 16.8. The second kappa shape index (κ2) is 8.55. The van der Waals surface area contributed by atoms with Crippen molar-refractivity contribution in [2.24, 2.45) is 11.3 Å². The van der Waals surface area contributed by atoms with Crippen molar-refractivity contribution in [2.45, 2.75) is 47.1 Å². The highest BCUT2D eigenvalue weighted by Gasteiger charge is 2.47. The number of fused-ring (bicyclic) bond motifs is 1. The molecule has 27 heavy (non-hydrogen) atoms. The Balaban J connectivity index is 2.58. The smallest absolute Gasteiger partial charge is 0.322 e. The molecular weight excluding hydrogens is 346 g/mol. The summed E-state index contributed by atoms with van der Waals surface area (Å²) in [5, 5.41) is 0. The lowest BCUT2D eigenvalue weighted by Crippen LogP contribution is -2.51. The minimum atomic E-state index is -1.21. The van der Waals surface area contributed by atoms with Gasteiger partial charge in [-0.2, -0.15) is 0 Å². The van der Waals surface area contributed by atoms with Crippen molar-refractivity contribution in [3.8, 4) is 0 Å². The SMILES string of the molecule is CCOC(=O)C(C(=O)OCC)C1c2ccccc2CCN1C(=O)C(C)(C)C. The number of esters is 2. The fourth-order valence-electron chi connectivity index (χ4n) is 3.43. The summed E-state index contributed by atoms with van der Waals surface area (Å²) in [4.78, 5) is 40.2. The standard InChI is InChI=1S/C21H29NO5/c1-6-26-18(23)16(19(24)27-7-2)17-15-11-9-8-10-14(15)12-13-22(17)20(25)21(3,4)5/h8-11,16-17H,6-7,12-13H2,1-5H3. The van der Waals surface area contributed by atoms with Gasteiger partial charge in [0.2, 0.25) is 5.91 Å². The van der Waals surface area contributed by atoms with Crippen LogP contribution < -0.4 is 0 Å². The highest BCUT2D eigenvalue weighted by Crippen LogP contribution is 2.39. The Morgan fingerprint density at radius 1 is 1.07 bits per heavy atom. The van der Waals surface area contributed by atoms with Crippen molar-refractivity contribution in [3.05, 3.63) is 35.4 Å². The van der Waals surface area contributed by atoms with E-state index in [0.717, 1.165) is 11.1 Å². The number of ether oxygens (including phenoxy) is 2. The van der Waals surface area contributed by atoms with Crippen LogP contribution in [0.1, 0.15) is 51.8 Å². The molecule has 1 aromatic carbocycles. The minimum Gasteiger partial charge on any atom is -0.465 e. The van der Waals surface area contributed by atoms with Gasteiger partial charge in [0.15, 0.2) is 5.92 Å². The van der Waals surface area contributed by atoms with Crippen LogP contribution in [-0.2, 0) is 30.3 Å². The fraction of sp³-hybridized carbons (Fsp3) is 0.571. The van der Waals surface area contributed by atoms with Crippen molar-refractivity contribution in [2.75, 3.05) is 19.8 Å². The van der Waals surface area contributed by atoms with Gasteiger partial charge in [0.25, 0.3) is 0 Å². The van der Waals surface area contributed by atoms with Crippen LogP contribution in [0.2, 0.25) is 0 Å². The van der Waals surface area contributed by atoms with Crippen molar-refractivity contribution < 1.29 is 23.9 Å². The fourth-order valence-corrected chi connectivity index (χ4v) is 3.43. The van der Waals surface area contributed by atoms with Gasteiger partial charge in [0.05, 0.1) is 19.3 Å². The molecule has 1 unspecified atom stereocenters. The molecule has 0 fully saturated rings. The van der Waals surface area contributed by atoms with Gasteiger partial charge in [-0.25, -0.2) is 0 Å². The molecule has 1 atom stereocenters. The molecule has 0 saturated carbocycles. The van der Waals surface area contributed by atoms with Crippen LogP contribution in [0.25, 0.3) is 0 Å². The van der Waals surface area contributed by atoms with E-state index in [1.54, 1.807) is 18.7 Å². The minimum absolute atomic E-state index is 0.111. The summed E-state index contributed by atoms with van der Waals surface area (Å²) in [6.45, 7) is 9.60. The van der Waals surface area contributed by atoms with Gasteiger partial charge >= 0.3 is 11.9 Å². The number of rotatable bonds is 5. The quantitative estimate of drug-likeness (QED) is 0.584. The van der Waals surface area contributed by atoms with E-state index in [2.05, 4.69) is 0 Å². The van der Waals surface area contributed by atoms with E-state index in [1.807, 2.05) is 45.0 Å². The van der Waals surface area contributed by atoms with E-state index in [0.29, 0.717) is 13.0 Å². The van der Waals surface area contributed by atoms with Gasteiger partial charge in [-0.05, 0) is 31.4 Å². The Kier molecular flexibility index (Phi) is 6.63. The van der Waals surface area contributed by atoms with Crippen molar-refractivity contribution >= 4 is 17.8 Å². The molecule has 148 valence electrons. The summed E-state index contributed by atoms with van der Waals surface area (Å²) in [6.07, 6.45) is 0.673. The molecule has 1 aliphatic heterocycles. The first-order valence-electron chi connectivity index (χ1n) is 9.44. The monoisotopic (exact) mass is 375 g/mol. The summed E-state index contributed by atoms with van der Waals surface area (Å²) in [7, 11) is 0. The highest BCUT2D eigenvalue weighted by atomic mass is 16.6. The topological polar surface area (TPSA) is 72.9 Å². The van der Waals surface area contributed by atoms with E-state index in [9.17, 15) is 14.4 Å². The van der Waals surface area contributed by atoms with Crippen LogP contribution in [0.4, 0.5) is 0 Å². The molecule has 0 spiro atoms. The Hall–Kier alpha value is -2.37. The predicted octanol–water partition coefficient (Wildman–Crippen LogP) is 2.90. The Morgan fingerprint density at radius 3 is 2.15 bits per heavy atom. The molecule has 2 rings (SSSR count). The van der Waals surface area contributed by atoms with Crippen LogP contribution in [0.5, 0.6) is 0 Å². The van der Waals surface area contributed by atoms with Crippen LogP contribution >= 0.6 is 0 Å². The maximum atomic E-state index is 13.1. The lowest BCUT2D eigenvalue weighted by Gasteiger charge is -2.42. The molecule has 6 heteroatoms. The lowest BCUT2D eigenvalue weighted by atomic mass is 9.82. The third-order valence-corrected chi connectivity index (χ3v) is 4.63.